The summed E-state index contributed by atoms with van der Waals surface area (Å²) in [4.78, 5) is 0. The van der Waals surface area contributed by atoms with Crippen LogP contribution in [-0.2, 0) is 10.8 Å². The predicted molar refractivity (Wildman–Crippen MR) is 83.9 cm³/mol. The SMILES string of the molecule is CCS(=O)C1CCCCC1NC1CCCCC1(C)C. The van der Waals surface area contributed by atoms with E-state index >= 15 is 0 Å². The molecule has 3 heteroatoms. The topological polar surface area (TPSA) is 29.1 Å². The Hall–Kier alpha value is 0.110. The molecule has 1 N–H and O–H groups in total. The third-order valence-electron chi connectivity index (χ3n) is 5.25. The summed E-state index contributed by atoms with van der Waals surface area (Å²) in [5.41, 5.74) is 0.411. The van der Waals surface area contributed by atoms with Crippen LogP contribution >= 0.6 is 0 Å². The molecule has 4 unspecified atom stereocenters. The molecule has 2 aliphatic rings. The van der Waals surface area contributed by atoms with Crippen molar-refractivity contribution in [3.05, 3.63) is 0 Å². The number of hydrogen-bond acceptors (Lipinski definition) is 2. The van der Waals surface area contributed by atoms with E-state index in [1.165, 1.54) is 44.9 Å². The van der Waals surface area contributed by atoms with E-state index < -0.39 is 10.8 Å². The lowest BCUT2D eigenvalue weighted by Crippen LogP contribution is -2.54. The highest BCUT2D eigenvalue weighted by molar-refractivity contribution is 7.85. The van der Waals surface area contributed by atoms with Crippen molar-refractivity contribution in [3.63, 3.8) is 0 Å². The number of hydrogen-bond donors (Lipinski definition) is 1. The maximum absolute atomic E-state index is 12.3. The Morgan fingerprint density at radius 2 is 1.79 bits per heavy atom. The molecule has 0 aromatic carbocycles. The van der Waals surface area contributed by atoms with Gasteiger partial charge in [0, 0.05) is 28.6 Å². The highest BCUT2D eigenvalue weighted by Crippen LogP contribution is 2.36. The summed E-state index contributed by atoms with van der Waals surface area (Å²) in [6.07, 6.45) is 10.3. The minimum absolute atomic E-state index is 0.400. The third kappa shape index (κ3) is 3.81. The van der Waals surface area contributed by atoms with E-state index in [4.69, 9.17) is 0 Å². The molecule has 2 aliphatic carbocycles. The molecule has 0 aliphatic heterocycles. The lowest BCUT2D eigenvalue weighted by atomic mass is 9.72. The third-order valence-corrected chi connectivity index (χ3v) is 7.06. The van der Waals surface area contributed by atoms with Crippen molar-refractivity contribution < 1.29 is 4.21 Å². The van der Waals surface area contributed by atoms with Crippen LogP contribution in [0.25, 0.3) is 0 Å². The van der Waals surface area contributed by atoms with Gasteiger partial charge >= 0.3 is 0 Å². The van der Waals surface area contributed by atoms with Crippen LogP contribution in [0.5, 0.6) is 0 Å². The van der Waals surface area contributed by atoms with Gasteiger partial charge in [-0.1, -0.05) is 46.5 Å². The first-order valence-corrected chi connectivity index (χ1v) is 9.56. The zero-order valence-electron chi connectivity index (χ0n) is 12.9. The summed E-state index contributed by atoms with van der Waals surface area (Å²) in [7, 11) is -0.635. The van der Waals surface area contributed by atoms with Crippen LogP contribution in [0.4, 0.5) is 0 Å². The fraction of sp³-hybridized carbons (Fsp3) is 1.00. The lowest BCUT2D eigenvalue weighted by Gasteiger charge is -2.43. The van der Waals surface area contributed by atoms with Crippen molar-refractivity contribution in [2.24, 2.45) is 5.41 Å². The molecule has 0 aromatic heterocycles. The zero-order chi connectivity index (χ0) is 13.9. The average Bonchev–Trinajstić information content (AvgIpc) is 2.41. The molecule has 2 saturated carbocycles. The molecular weight excluding hydrogens is 254 g/mol. The monoisotopic (exact) mass is 285 g/mol. The second-order valence-electron chi connectivity index (χ2n) is 7.05. The second kappa shape index (κ2) is 6.71. The van der Waals surface area contributed by atoms with Gasteiger partial charge in [-0.3, -0.25) is 4.21 Å². The van der Waals surface area contributed by atoms with Crippen molar-refractivity contribution in [1.82, 2.24) is 5.32 Å². The quantitative estimate of drug-likeness (QED) is 0.854. The normalized spacial score (nSPS) is 36.9. The van der Waals surface area contributed by atoms with Gasteiger partial charge in [-0.15, -0.1) is 0 Å². The van der Waals surface area contributed by atoms with E-state index in [0.29, 0.717) is 22.7 Å². The highest BCUT2D eigenvalue weighted by Gasteiger charge is 2.37. The molecule has 0 radical (unpaired) electrons. The van der Waals surface area contributed by atoms with Gasteiger partial charge in [-0.25, -0.2) is 0 Å². The van der Waals surface area contributed by atoms with E-state index in [1.807, 2.05) is 0 Å². The minimum atomic E-state index is -0.635. The van der Waals surface area contributed by atoms with Crippen molar-refractivity contribution in [2.45, 2.75) is 89.5 Å². The maximum Gasteiger partial charge on any atom is 0.0501 e. The Morgan fingerprint density at radius 1 is 1.11 bits per heavy atom. The Morgan fingerprint density at radius 3 is 2.47 bits per heavy atom. The molecule has 0 heterocycles. The van der Waals surface area contributed by atoms with Gasteiger partial charge in [0.05, 0.1) is 5.25 Å². The average molecular weight is 285 g/mol. The largest absolute Gasteiger partial charge is 0.310 e. The smallest absolute Gasteiger partial charge is 0.0501 e. The Labute approximate surface area is 121 Å². The lowest BCUT2D eigenvalue weighted by molar-refractivity contribution is 0.147. The van der Waals surface area contributed by atoms with Crippen molar-refractivity contribution in [2.75, 3.05) is 5.75 Å². The molecule has 19 heavy (non-hydrogen) atoms. The molecule has 2 fully saturated rings. The summed E-state index contributed by atoms with van der Waals surface area (Å²) in [5, 5.41) is 4.32. The van der Waals surface area contributed by atoms with Gasteiger partial charge in [-0.05, 0) is 31.1 Å². The summed E-state index contributed by atoms with van der Waals surface area (Å²) >= 11 is 0. The van der Waals surface area contributed by atoms with E-state index in [0.717, 1.165) is 12.2 Å². The molecule has 112 valence electrons. The predicted octanol–water partition coefficient (Wildman–Crippen LogP) is 3.62. The summed E-state index contributed by atoms with van der Waals surface area (Å²) in [6, 6.07) is 1.12. The van der Waals surface area contributed by atoms with E-state index in [-0.39, 0.29) is 0 Å². The minimum Gasteiger partial charge on any atom is -0.310 e. The van der Waals surface area contributed by atoms with Crippen LogP contribution in [0.3, 0.4) is 0 Å². The first-order chi connectivity index (χ1) is 9.04. The van der Waals surface area contributed by atoms with Crippen LogP contribution < -0.4 is 5.32 Å². The molecule has 2 nitrogen and oxygen atoms in total. The molecule has 0 amide bonds. The first-order valence-electron chi connectivity index (χ1n) is 8.18. The van der Waals surface area contributed by atoms with Crippen LogP contribution in [0.15, 0.2) is 0 Å². The van der Waals surface area contributed by atoms with Gasteiger partial charge < -0.3 is 5.32 Å². The van der Waals surface area contributed by atoms with Crippen LogP contribution in [-0.4, -0.2) is 27.3 Å². The Balaban J connectivity index is 2.00. The van der Waals surface area contributed by atoms with E-state index in [2.05, 4.69) is 26.1 Å². The number of rotatable bonds is 4. The summed E-state index contributed by atoms with van der Waals surface area (Å²) in [6.45, 7) is 6.86. The van der Waals surface area contributed by atoms with Gasteiger partial charge in [0.25, 0.3) is 0 Å². The van der Waals surface area contributed by atoms with Crippen LogP contribution in [0.2, 0.25) is 0 Å². The van der Waals surface area contributed by atoms with Crippen molar-refractivity contribution in [3.8, 4) is 0 Å². The molecule has 4 atom stereocenters. The molecule has 0 bridgehead atoms. The Kier molecular flexibility index (Phi) is 5.47. The van der Waals surface area contributed by atoms with Crippen molar-refractivity contribution >= 4 is 10.8 Å². The fourth-order valence-electron chi connectivity index (χ4n) is 3.88. The maximum atomic E-state index is 12.3. The molecule has 0 spiro atoms. The molecule has 0 aromatic rings. The van der Waals surface area contributed by atoms with Gasteiger partial charge in [0.2, 0.25) is 0 Å². The van der Waals surface area contributed by atoms with Crippen LogP contribution in [0.1, 0.15) is 72.1 Å². The standard InChI is InChI=1S/C16H31NOS/c1-4-19(18)14-10-6-5-9-13(14)17-15-11-7-8-12-16(15,2)3/h13-15,17H,4-12H2,1-3H3. The molecule has 2 rings (SSSR count). The van der Waals surface area contributed by atoms with Gasteiger partial charge in [0.15, 0.2) is 0 Å². The van der Waals surface area contributed by atoms with Crippen molar-refractivity contribution in [1.29, 1.82) is 0 Å². The van der Waals surface area contributed by atoms with E-state index in [1.54, 1.807) is 0 Å². The highest BCUT2D eigenvalue weighted by atomic mass is 32.2. The van der Waals surface area contributed by atoms with E-state index in [9.17, 15) is 4.21 Å². The number of nitrogens with one attached hydrogen (secondary N) is 1. The summed E-state index contributed by atoms with van der Waals surface area (Å²) < 4.78 is 12.3. The van der Waals surface area contributed by atoms with Gasteiger partial charge in [0.1, 0.15) is 0 Å². The fourth-order valence-corrected chi connectivity index (χ4v) is 5.32. The second-order valence-corrected chi connectivity index (χ2v) is 9.00. The zero-order valence-corrected chi connectivity index (χ0v) is 13.7. The summed E-state index contributed by atoms with van der Waals surface area (Å²) in [5.74, 6) is 0.816. The van der Waals surface area contributed by atoms with Gasteiger partial charge in [-0.2, -0.15) is 0 Å². The Bertz CT molecular complexity index is 316. The van der Waals surface area contributed by atoms with Crippen LogP contribution in [0, 0.1) is 5.41 Å². The first kappa shape index (κ1) is 15.5. The molecule has 0 saturated heterocycles. The molecular formula is C16H31NOS.